The molecule has 0 bridgehead atoms. The lowest BCUT2D eigenvalue weighted by atomic mass is 10.1. The molecule has 0 radical (unpaired) electrons. The van der Waals surface area contributed by atoms with Crippen molar-refractivity contribution in [1.82, 2.24) is 10.2 Å². The second kappa shape index (κ2) is 11.4. The first kappa shape index (κ1) is 26.1. The molecule has 0 atom stereocenters. The third-order valence-corrected chi connectivity index (χ3v) is 7.00. The molecular formula is C27H23I2N3O4. The molecule has 9 heteroatoms. The average Bonchev–Trinajstić information content (AvgIpc) is 3.07. The van der Waals surface area contributed by atoms with Gasteiger partial charge in [-0.15, -0.1) is 0 Å². The summed E-state index contributed by atoms with van der Waals surface area (Å²) >= 11 is 4.39. The highest BCUT2D eigenvalue weighted by Gasteiger charge is 2.35. The topological polar surface area (TPSA) is 87.7 Å². The Morgan fingerprint density at radius 1 is 1.00 bits per heavy atom. The maximum absolute atomic E-state index is 12.8. The van der Waals surface area contributed by atoms with Crippen LogP contribution in [0.3, 0.4) is 0 Å². The Labute approximate surface area is 236 Å². The lowest BCUT2D eigenvalue weighted by Gasteiger charge is -2.12. The number of carbonyl (C=O) groups excluding carboxylic acids is 3. The summed E-state index contributed by atoms with van der Waals surface area (Å²) in [6.45, 7) is 4.02. The van der Waals surface area contributed by atoms with Crippen molar-refractivity contribution < 1.29 is 19.1 Å². The van der Waals surface area contributed by atoms with E-state index in [2.05, 4.69) is 55.8 Å². The minimum absolute atomic E-state index is 0.114. The molecule has 1 saturated heterocycles. The minimum atomic E-state index is -0.631. The van der Waals surface area contributed by atoms with Crippen LogP contribution in [0.2, 0.25) is 0 Å². The molecule has 2 N–H and O–H groups in total. The lowest BCUT2D eigenvalue weighted by Crippen LogP contribution is -2.38. The van der Waals surface area contributed by atoms with Crippen molar-refractivity contribution in [3.05, 3.63) is 95.8 Å². The summed E-state index contributed by atoms with van der Waals surface area (Å²) in [5.41, 5.74) is 4.72. The SMILES string of the molecule is Cc1ccc(COc2c(I)cc(/C=C3/NC(=O)N(CC(=O)Nc4cccc(C)c4)C3=O)cc2I)cc1. The van der Waals surface area contributed by atoms with Gasteiger partial charge in [-0.1, -0.05) is 42.0 Å². The number of nitrogens with zero attached hydrogens (tertiary/aromatic N) is 1. The maximum atomic E-state index is 12.8. The van der Waals surface area contributed by atoms with Crippen molar-refractivity contribution in [3.8, 4) is 5.75 Å². The number of halogens is 2. The molecule has 0 spiro atoms. The summed E-state index contributed by atoms with van der Waals surface area (Å²) in [4.78, 5) is 38.6. The van der Waals surface area contributed by atoms with Gasteiger partial charge in [-0.05, 0) is 106 Å². The van der Waals surface area contributed by atoms with Crippen LogP contribution in [-0.2, 0) is 16.2 Å². The molecule has 0 saturated carbocycles. The van der Waals surface area contributed by atoms with Crippen LogP contribution in [0.25, 0.3) is 6.08 Å². The Morgan fingerprint density at radius 2 is 1.69 bits per heavy atom. The van der Waals surface area contributed by atoms with Gasteiger partial charge in [-0.2, -0.15) is 0 Å². The van der Waals surface area contributed by atoms with Crippen LogP contribution in [-0.4, -0.2) is 29.3 Å². The Bertz CT molecular complexity index is 1350. The molecule has 1 fully saturated rings. The van der Waals surface area contributed by atoms with Crippen LogP contribution in [0.1, 0.15) is 22.3 Å². The quantitative estimate of drug-likeness (QED) is 0.190. The van der Waals surface area contributed by atoms with E-state index in [1.807, 2.05) is 68.4 Å². The Morgan fingerprint density at radius 3 is 2.36 bits per heavy atom. The number of rotatable bonds is 7. The number of ether oxygens (including phenoxy) is 1. The van der Waals surface area contributed by atoms with Crippen molar-refractivity contribution in [2.24, 2.45) is 0 Å². The number of hydrogen-bond acceptors (Lipinski definition) is 4. The molecule has 0 aliphatic carbocycles. The molecule has 184 valence electrons. The van der Waals surface area contributed by atoms with Gasteiger partial charge in [-0.25, -0.2) is 9.69 Å². The van der Waals surface area contributed by atoms with Crippen LogP contribution in [0.4, 0.5) is 10.5 Å². The van der Waals surface area contributed by atoms with Gasteiger partial charge in [0.2, 0.25) is 5.91 Å². The maximum Gasteiger partial charge on any atom is 0.329 e. The predicted molar refractivity (Wildman–Crippen MR) is 155 cm³/mol. The molecule has 4 amide bonds. The molecule has 1 aliphatic heterocycles. The fourth-order valence-electron chi connectivity index (χ4n) is 3.59. The zero-order chi connectivity index (χ0) is 25.8. The molecular weight excluding hydrogens is 684 g/mol. The zero-order valence-electron chi connectivity index (χ0n) is 19.6. The molecule has 7 nitrogen and oxygen atoms in total. The van der Waals surface area contributed by atoms with E-state index in [0.29, 0.717) is 12.3 Å². The highest BCUT2D eigenvalue weighted by atomic mass is 127. The first-order valence-corrected chi connectivity index (χ1v) is 13.2. The number of anilines is 1. The van der Waals surface area contributed by atoms with Crippen LogP contribution in [0.5, 0.6) is 5.75 Å². The second-order valence-electron chi connectivity index (χ2n) is 8.39. The van der Waals surface area contributed by atoms with Gasteiger partial charge in [0.05, 0.1) is 7.14 Å². The smallest absolute Gasteiger partial charge is 0.329 e. The van der Waals surface area contributed by atoms with Crippen LogP contribution in [0.15, 0.2) is 66.4 Å². The van der Waals surface area contributed by atoms with E-state index in [9.17, 15) is 14.4 Å². The van der Waals surface area contributed by atoms with Crippen molar-refractivity contribution in [3.63, 3.8) is 0 Å². The van der Waals surface area contributed by atoms with E-state index >= 15 is 0 Å². The molecule has 1 aliphatic rings. The predicted octanol–water partition coefficient (Wildman–Crippen LogP) is 5.62. The fraction of sp³-hybridized carbons (Fsp3) is 0.148. The molecule has 0 aromatic heterocycles. The normalized spacial score (nSPS) is 14.2. The highest BCUT2D eigenvalue weighted by molar-refractivity contribution is 14.1. The molecule has 4 rings (SSSR count). The van der Waals surface area contributed by atoms with E-state index in [4.69, 9.17) is 4.74 Å². The summed E-state index contributed by atoms with van der Waals surface area (Å²) in [7, 11) is 0. The first-order chi connectivity index (χ1) is 17.2. The summed E-state index contributed by atoms with van der Waals surface area (Å²) in [6, 6.07) is 18.6. The number of imide groups is 1. The van der Waals surface area contributed by atoms with Crippen LogP contribution < -0.4 is 15.4 Å². The first-order valence-electron chi connectivity index (χ1n) is 11.1. The third-order valence-electron chi connectivity index (χ3n) is 5.40. The minimum Gasteiger partial charge on any atom is -0.487 e. The number of carbonyl (C=O) groups is 3. The van der Waals surface area contributed by atoms with Crippen molar-refractivity contribution in [2.75, 3.05) is 11.9 Å². The Balaban J connectivity index is 1.43. The summed E-state index contributed by atoms with van der Waals surface area (Å²) in [5, 5.41) is 5.28. The van der Waals surface area contributed by atoms with E-state index < -0.39 is 17.8 Å². The van der Waals surface area contributed by atoms with Crippen LogP contribution in [0, 0.1) is 21.0 Å². The lowest BCUT2D eigenvalue weighted by molar-refractivity contribution is -0.127. The number of aryl methyl sites for hydroxylation is 2. The fourth-order valence-corrected chi connectivity index (χ4v) is 5.72. The third kappa shape index (κ3) is 6.44. The number of nitrogens with one attached hydrogen (secondary N) is 2. The van der Waals surface area contributed by atoms with Crippen LogP contribution >= 0.6 is 45.2 Å². The Kier molecular flexibility index (Phi) is 8.29. The Hall–Kier alpha value is -2.93. The molecule has 1 heterocycles. The number of benzene rings is 3. The molecule has 36 heavy (non-hydrogen) atoms. The van der Waals surface area contributed by atoms with E-state index in [-0.39, 0.29) is 12.2 Å². The van der Waals surface area contributed by atoms with Gasteiger partial charge in [-0.3, -0.25) is 9.59 Å². The average molecular weight is 707 g/mol. The van der Waals surface area contributed by atoms with Gasteiger partial charge in [0.25, 0.3) is 5.91 Å². The van der Waals surface area contributed by atoms with Crippen molar-refractivity contribution in [1.29, 1.82) is 0 Å². The summed E-state index contributed by atoms with van der Waals surface area (Å²) in [6.07, 6.45) is 1.60. The van der Waals surface area contributed by atoms with E-state index in [1.165, 1.54) is 5.56 Å². The van der Waals surface area contributed by atoms with Gasteiger partial charge in [0, 0.05) is 5.69 Å². The summed E-state index contributed by atoms with van der Waals surface area (Å²) in [5.74, 6) is -0.246. The summed E-state index contributed by atoms with van der Waals surface area (Å²) < 4.78 is 7.81. The number of amides is 4. The monoisotopic (exact) mass is 707 g/mol. The van der Waals surface area contributed by atoms with Gasteiger partial charge in [0.1, 0.15) is 24.6 Å². The number of hydrogen-bond donors (Lipinski definition) is 2. The standard InChI is InChI=1S/C27H23I2N3O4/c1-16-6-8-18(9-7-16)15-36-25-21(28)11-19(12-22(25)29)13-23-26(34)32(27(35)31-23)14-24(33)30-20-5-3-4-17(2)10-20/h3-13H,14-15H2,1-2H3,(H,30,33)(H,31,35)/b23-13+. The zero-order valence-corrected chi connectivity index (χ0v) is 23.9. The van der Waals surface area contributed by atoms with Crippen molar-refractivity contribution >= 4 is 74.8 Å². The second-order valence-corrected chi connectivity index (χ2v) is 10.7. The largest absolute Gasteiger partial charge is 0.487 e. The van der Waals surface area contributed by atoms with Crippen molar-refractivity contribution in [2.45, 2.75) is 20.5 Å². The van der Waals surface area contributed by atoms with Gasteiger partial charge < -0.3 is 15.4 Å². The van der Waals surface area contributed by atoms with Gasteiger partial charge >= 0.3 is 6.03 Å². The molecule has 0 unspecified atom stereocenters. The molecule has 3 aromatic rings. The van der Waals surface area contributed by atoms with E-state index in [0.717, 1.165) is 34.5 Å². The number of urea groups is 1. The highest BCUT2D eigenvalue weighted by Crippen LogP contribution is 2.31. The molecule has 3 aromatic carbocycles. The van der Waals surface area contributed by atoms with Gasteiger partial charge in [0.15, 0.2) is 0 Å². The van der Waals surface area contributed by atoms with E-state index in [1.54, 1.807) is 12.1 Å².